The highest BCUT2D eigenvalue weighted by Crippen LogP contribution is 2.18. The lowest BCUT2D eigenvalue weighted by molar-refractivity contribution is -0.870. The summed E-state index contributed by atoms with van der Waals surface area (Å²) in [5, 5.41) is 11.8. The number of carbonyl (C=O) groups is 3. The average molecular weight is 1070 g/mol. The maximum atomic E-state index is 12.9. The molecule has 0 aromatic rings. The van der Waals surface area contributed by atoms with Crippen molar-refractivity contribution in [3.8, 4) is 0 Å². The molecule has 9 heteroatoms. The molecule has 0 radical (unpaired) electrons. The molecule has 0 aliphatic heterocycles. The Bertz CT molecular complexity index is 1430. The molecule has 0 aromatic carbocycles. The van der Waals surface area contributed by atoms with E-state index >= 15 is 0 Å². The fourth-order valence-electron chi connectivity index (χ4n) is 9.15. The Morgan fingerprint density at radius 3 is 1.12 bits per heavy atom. The number of likely N-dealkylation sites (N-methyl/N-ethyl adjacent to an activating group) is 1. The first-order valence-corrected chi connectivity index (χ1v) is 31.9. The molecular weight excluding hydrogens is 947 g/mol. The Labute approximate surface area is 469 Å². The van der Waals surface area contributed by atoms with Crippen molar-refractivity contribution in [3.05, 3.63) is 60.8 Å². The first kappa shape index (κ1) is 73.0. The van der Waals surface area contributed by atoms with Crippen molar-refractivity contribution in [2.24, 2.45) is 0 Å². The number of quaternary nitrogens is 1. The average Bonchev–Trinajstić information content (AvgIpc) is 3.39. The van der Waals surface area contributed by atoms with E-state index in [1.54, 1.807) is 0 Å². The minimum absolute atomic E-state index is 0.150. The summed E-state index contributed by atoms with van der Waals surface area (Å²) in [6, 6.07) is 0. The predicted molar refractivity (Wildman–Crippen MR) is 320 cm³/mol. The summed E-state index contributed by atoms with van der Waals surface area (Å²) in [5.41, 5.74) is 0. The van der Waals surface area contributed by atoms with E-state index in [0.717, 1.165) is 64.2 Å². The van der Waals surface area contributed by atoms with E-state index in [-0.39, 0.29) is 32.2 Å². The van der Waals surface area contributed by atoms with Crippen LogP contribution in [0.25, 0.3) is 0 Å². The van der Waals surface area contributed by atoms with Gasteiger partial charge in [-0.3, -0.25) is 9.59 Å². The molecule has 0 rings (SSSR count). The molecule has 76 heavy (non-hydrogen) atoms. The summed E-state index contributed by atoms with van der Waals surface area (Å²) < 4.78 is 22.7. The second kappa shape index (κ2) is 58.1. The van der Waals surface area contributed by atoms with Gasteiger partial charge in [0.15, 0.2) is 12.4 Å². The van der Waals surface area contributed by atoms with E-state index in [2.05, 4.69) is 74.6 Å². The highest BCUT2D eigenvalue weighted by atomic mass is 16.7. The van der Waals surface area contributed by atoms with Crippen molar-refractivity contribution in [2.45, 2.75) is 302 Å². The Morgan fingerprint density at radius 2 is 0.750 bits per heavy atom. The van der Waals surface area contributed by atoms with Gasteiger partial charge in [0, 0.05) is 12.8 Å². The van der Waals surface area contributed by atoms with Gasteiger partial charge in [-0.25, -0.2) is 0 Å². The summed E-state index contributed by atoms with van der Waals surface area (Å²) in [7, 11) is 5.93. The number of hydrogen-bond acceptors (Lipinski definition) is 8. The van der Waals surface area contributed by atoms with Crippen molar-refractivity contribution >= 4 is 17.9 Å². The van der Waals surface area contributed by atoms with Crippen LogP contribution in [0.5, 0.6) is 0 Å². The van der Waals surface area contributed by atoms with Crippen LogP contribution in [-0.2, 0) is 33.3 Å². The van der Waals surface area contributed by atoms with Crippen LogP contribution in [0.4, 0.5) is 0 Å². The molecule has 2 unspecified atom stereocenters. The normalized spacial score (nSPS) is 13.1. The lowest BCUT2D eigenvalue weighted by Crippen LogP contribution is -2.44. The van der Waals surface area contributed by atoms with Crippen LogP contribution in [-0.4, -0.2) is 82.3 Å². The summed E-state index contributed by atoms with van der Waals surface area (Å²) in [6.07, 6.45) is 71.5. The van der Waals surface area contributed by atoms with E-state index in [0.29, 0.717) is 23.9 Å². The number of carboxylic acids is 1. The van der Waals surface area contributed by atoms with E-state index in [9.17, 15) is 19.5 Å². The number of allylic oxidation sites excluding steroid dienone is 10. The van der Waals surface area contributed by atoms with E-state index < -0.39 is 24.3 Å². The summed E-state index contributed by atoms with van der Waals surface area (Å²) in [6.45, 7) is 4.67. The van der Waals surface area contributed by atoms with Gasteiger partial charge in [-0.2, -0.15) is 0 Å². The second-order valence-electron chi connectivity index (χ2n) is 22.7. The van der Waals surface area contributed by atoms with Crippen LogP contribution in [0.15, 0.2) is 60.8 Å². The first-order chi connectivity index (χ1) is 37.1. The molecule has 0 bridgehead atoms. The number of aliphatic carboxylic acids is 1. The van der Waals surface area contributed by atoms with Gasteiger partial charge in [0.2, 0.25) is 0 Å². The van der Waals surface area contributed by atoms with E-state index in [1.165, 1.54) is 193 Å². The molecule has 0 spiro atoms. The summed E-state index contributed by atoms with van der Waals surface area (Å²) >= 11 is 0. The SMILES string of the molecule is CC/C=C\C/C=C\C/C=C\C/C=C\C/C=C\CCCCCCCCCCCCCCCCCCCCCC(=O)OC(COC(=O)CCCCCCCCCCCCCCCCCC)COC(OCC[N+](C)(C)C)C(=O)[O-]. The van der Waals surface area contributed by atoms with Gasteiger partial charge in [-0.1, -0.05) is 280 Å². The third-order valence-electron chi connectivity index (χ3n) is 14.0. The fourth-order valence-corrected chi connectivity index (χ4v) is 9.15. The zero-order chi connectivity index (χ0) is 55.5. The zero-order valence-electron chi connectivity index (χ0n) is 50.4. The molecule has 0 amide bonds. The number of carboxylic acid groups (broad SMARTS) is 1. The molecular formula is C67H121NO8. The summed E-state index contributed by atoms with van der Waals surface area (Å²) in [4.78, 5) is 37.3. The maximum absolute atomic E-state index is 12.9. The van der Waals surface area contributed by atoms with Gasteiger partial charge in [0.25, 0.3) is 0 Å². The molecule has 0 fully saturated rings. The van der Waals surface area contributed by atoms with E-state index in [4.69, 9.17) is 18.9 Å². The van der Waals surface area contributed by atoms with Crippen LogP contribution in [0.3, 0.4) is 0 Å². The number of ether oxygens (including phenoxy) is 4. The highest BCUT2D eigenvalue weighted by molar-refractivity contribution is 5.70. The lowest BCUT2D eigenvalue weighted by Gasteiger charge is -2.26. The number of unbranched alkanes of at least 4 members (excludes halogenated alkanes) is 34. The van der Waals surface area contributed by atoms with Crippen LogP contribution in [0.2, 0.25) is 0 Å². The Hall–Kier alpha value is -3.01. The summed E-state index contributed by atoms with van der Waals surface area (Å²) in [5.74, 6) is -2.26. The quantitative estimate of drug-likeness (QED) is 0.0195. The van der Waals surface area contributed by atoms with Gasteiger partial charge in [-0.15, -0.1) is 0 Å². The first-order valence-electron chi connectivity index (χ1n) is 31.9. The topological polar surface area (TPSA) is 111 Å². The van der Waals surface area contributed by atoms with Gasteiger partial charge in [0.05, 0.1) is 40.3 Å². The van der Waals surface area contributed by atoms with Crippen molar-refractivity contribution in [1.82, 2.24) is 0 Å². The highest BCUT2D eigenvalue weighted by Gasteiger charge is 2.22. The monoisotopic (exact) mass is 1070 g/mol. The molecule has 0 aliphatic rings. The van der Waals surface area contributed by atoms with Crippen LogP contribution in [0.1, 0.15) is 290 Å². The Balaban J connectivity index is 4.05. The number of nitrogens with zero attached hydrogens (tertiary/aromatic N) is 1. The van der Waals surface area contributed by atoms with Gasteiger partial charge < -0.3 is 33.3 Å². The largest absolute Gasteiger partial charge is 0.545 e. The molecule has 0 aromatic heterocycles. The van der Waals surface area contributed by atoms with Gasteiger partial charge in [-0.05, 0) is 57.8 Å². The minimum atomic E-state index is -1.62. The molecule has 0 aliphatic carbocycles. The Morgan fingerprint density at radius 1 is 0.408 bits per heavy atom. The number of carbonyl (C=O) groups excluding carboxylic acids is 3. The van der Waals surface area contributed by atoms with Gasteiger partial charge >= 0.3 is 11.9 Å². The van der Waals surface area contributed by atoms with Crippen LogP contribution < -0.4 is 5.11 Å². The van der Waals surface area contributed by atoms with Crippen molar-refractivity contribution in [2.75, 3.05) is 47.5 Å². The smallest absolute Gasteiger partial charge is 0.306 e. The second-order valence-corrected chi connectivity index (χ2v) is 22.7. The zero-order valence-corrected chi connectivity index (χ0v) is 50.4. The molecule has 2 atom stereocenters. The van der Waals surface area contributed by atoms with Gasteiger partial charge in [0.1, 0.15) is 13.2 Å². The molecule has 0 N–H and O–H groups in total. The third-order valence-corrected chi connectivity index (χ3v) is 14.0. The molecule has 0 saturated heterocycles. The standard InChI is InChI=1S/C67H121NO8/c1-6-8-10-12-14-16-18-20-22-24-25-26-27-28-29-30-31-32-33-34-35-36-37-38-39-40-41-42-44-46-48-50-52-54-56-58-65(70)76-63(62-75-67(66(71)72)73-60-59-68(3,4)5)61-74-64(69)57-55-53-51-49-47-45-43-23-21-19-17-15-13-11-9-7-2/h8,10,14,16,20,22,25-26,28-29,63,67H,6-7,9,11-13,15,17-19,21,23-24,27,30-62H2,1-5H3/b10-8-,16-14-,22-20-,26-25-,29-28-. The van der Waals surface area contributed by atoms with Crippen LogP contribution in [0, 0.1) is 0 Å². The maximum Gasteiger partial charge on any atom is 0.306 e. The molecule has 0 heterocycles. The number of rotatable bonds is 59. The number of hydrogen-bond donors (Lipinski definition) is 0. The number of esters is 2. The van der Waals surface area contributed by atoms with E-state index in [1.807, 2.05) is 21.1 Å². The van der Waals surface area contributed by atoms with Crippen molar-refractivity contribution < 1.29 is 42.9 Å². The molecule has 9 nitrogen and oxygen atoms in total. The fraction of sp³-hybridized carbons (Fsp3) is 0.806. The predicted octanol–water partition coefficient (Wildman–Crippen LogP) is 17.9. The lowest BCUT2D eigenvalue weighted by atomic mass is 10.0. The van der Waals surface area contributed by atoms with Crippen LogP contribution >= 0.6 is 0 Å². The molecule has 442 valence electrons. The minimum Gasteiger partial charge on any atom is -0.545 e. The van der Waals surface area contributed by atoms with Crippen molar-refractivity contribution in [3.63, 3.8) is 0 Å². The Kier molecular flexibility index (Phi) is 55.8. The molecule has 0 saturated carbocycles. The third kappa shape index (κ3) is 58.7. The van der Waals surface area contributed by atoms with Crippen molar-refractivity contribution in [1.29, 1.82) is 0 Å².